The van der Waals surface area contributed by atoms with Crippen molar-refractivity contribution in [3.63, 3.8) is 0 Å². The molecule has 3 heterocycles. The molecule has 4 N–H and O–H groups in total. The fraction of sp³-hybridized carbons (Fsp3) is 0.364. The number of anilines is 1. The van der Waals surface area contributed by atoms with Crippen LogP contribution in [0.3, 0.4) is 0 Å². The molecular formula is C22H18F8N6O3. The Bertz CT molecular complexity index is 1450. The molecular weight excluding hydrogens is 548 g/mol. The normalized spacial score (nSPS) is 19.0. The van der Waals surface area contributed by atoms with Crippen molar-refractivity contribution in [3.8, 4) is 11.3 Å². The zero-order valence-electron chi connectivity index (χ0n) is 19.6. The van der Waals surface area contributed by atoms with Crippen molar-refractivity contribution in [2.24, 2.45) is 0 Å². The quantitative estimate of drug-likeness (QED) is 0.417. The van der Waals surface area contributed by atoms with Crippen LogP contribution < -0.4 is 11.1 Å². The first-order valence-corrected chi connectivity index (χ1v) is 11.0. The standard InChI is InChI=1S/C22H18F8N6O3/c1-8-2-12(23)10(15-4-11(21(25,26)27)16-18(31)32-7-33-36(15)16)3-9(8)19(38)34-14-6-35(5-13(14)24)20(39)17(37)22(28,29)30/h2-4,7,13-14,17,37H,5-6H2,1H3,(H,34,38)(H2,31,32,33)/t13-,14+,17?/m0/s1. The van der Waals surface area contributed by atoms with Gasteiger partial charge >= 0.3 is 12.4 Å². The average molecular weight is 566 g/mol. The van der Waals surface area contributed by atoms with Crippen LogP contribution in [0.4, 0.5) is 40.9 Å². The van der Waals surface area contributed by atoms with Gasteiger partial charge in [0.05, 0.1) is 23.8 Å². The molecule has 3 aromatic rings. The maximum Gasteiger partial charge on any atom is 0.423 e. The number of alkyl halides is 7. The molecule has 3 atom stereocenters. The van der Waals surface area contributed by atoms with E-state index in [2.05, 4.69) is 15.4 Å². The number of aliphatic hydroxyl groups is 1. The van der Waals surface area contributed by atoms with Gasteiger partial charge in [-0.15, -0.1) is 0 Å². The van der Waals surface area contributed by atoms with E-state index in [0.717, 1.165) is 18.5 Å². The number of nitrogens with zero attached hydrogens (tertiary/aromatic N) is 4. The van der Waals surface area contributed by atoms with Crippen LogP contribution in [-0.4, -0.2) is 74.0 Å². The first-order chi connectivity index (χ1) is 18.0. The summed E-state index contributed by atoms with van der Waals surface area (Å²) in [5.41, 5.74) is 2.44. The molecule has 0 aliphatic carbocycles. The Hall–Kier alpha value is -4.02. The average Bonchev–Trinajstić information content (AvgIpc) is 3.39. The summed E-state index contributed by atoms with van der Waals surface area (Å²) in [5.74, 6) is -4.42. The Labute approximate surface area is 213 Å². The summed E-state index contributed by atoms with van der Waals surface area (Å²) in [4.78, 5) is 28.7. The maximum atomic E-state index is 15.0. The van der Waals surface area contributed by atoms with Crippen molar-refractivity contribution >= 4 is 23.1 Å². The molecule has 210 valence electrons. The maximum absolute atomic E-state index is 15.0. The van der Waals surface area contributed by atoms with Gasteiger partial charge < -0.3 is 21.1 Å². The predicted molar refractivity (Wildman–Crippen MR) is 117 cm³/mol. The summed E-state index contributed by atoms with van der Waals surface area (Å²) in [6.45, 7) is -0.265. The molecule has 1 aliphatic heterocycles. The molecule has 0 saturated carbocycles. The van der Waals surface area contributed by atoms with E-state index in [4.69, 9.17) is 10.8 Å². The number of benzene rings is 1. The van der Waals surface area contributed by atoms with Gasteiger partial charge in [0.2, 0.25) is 6.10 Å². The molecule has 2 aromatic heterocycles. The number of nitrogen functional groups attached to an aromatic ring is 1. The summed E-state index contributed by atoms with van der Waals surface area (Å²) < 4.78 is 109. The summed E-state index contributed by atoms with van der Waals surface area (Å²) in [5, 5.41) is 15.0. The molecule has 1 aliphatic rings. The first kappa shape index (κ1) is 28.0. The number of aromatic nitrogens is 3. The van der Waals surface area contributed by atoms with E-state index in [1.807, 2.05) is 0 Å². The fourth-order valence-corrected chi connectivity index (χ4v) is 4.23. The van der Waals surface area contributed by atoms with Crippen LogP contribution in [-0.2, 0) is 11.0 Å². The van der Waals surface area contributed by atoms with E-state index < -0.39 is 89.5 Å². The number of carbonyl (C=O) groups is 2. The largest absolute Gasteiger partial charge is 0.423 e. The summed E-state index contributed by atoms with van der Waals surface area (Å²) in [6.07, 6.45) is -14.8. The van der Waals surface area contributed by atoms with Crippen molar-refractivity contribution in [1.82, 2.24) is 24.8 Å². The van der Waals surface area contributed by atoms with Gasteiger partial charge in [-0.25, -0.2) is 18.3 Å². The third-order valence-corrected chi connectivity index (χ3v) is 6.14. The number of nitrogens with one attached hydrogen (secondary N) is 1. The number of likely N-dealkylation sites (tertiary alicyclic amines) is 1. The molecule has 1 saturated heterocycles. The minimum atomic E-state index is -5.28. The third kappa shape index (κ3) is 5.17. The lowest BCUT2D eigenvalue weighted by Crippen LogP contribution is -2.47. The third-order valence-electron chi connectivity index (χ3n) is 6.14. The number of rotatable bonds is 4. The van der Waals surface area contributed by atoms with Crippen molar-refractivity contribution in [2.45, 2.75) is 37.6 Å². The summed E-state index contributed by atoms with van der Waals surface area (Å²) in [7, 11) is 0. The van der Waals surface area contributed by atoms with Crippen LogP contribution in [0.2, 0.25) is 0 Å². The zero-order chi connectivity index (χ0) is 29.0. The number of carbonyl (C=O) groups excluding carboxylic acids is 2. The molecule has 9 nitrogen and oxygen atoms in total. The predicted octanol–water partition coefficient (Wildman–Crippen LogP) is 2.65. The number of aryl methyl sites for hydroxylation is 1. The van der Waals surface area contributed by atoms with E-state index in [9.17, 15) is 44.7 Å². The number of halogens is 8. The van der Waals surface area contributed by atoms with Crippen molar-refractivity contribution < 1.29 is 49.8 Å². The van der Waals surface area contributed by atoms with Gasteiger partial charge in [0.1, 0.15) is 23.8 Å². The highest BCUT2D eigenvalue weighted by atomic mass is 19.4. The highest BCUT2D eigenvalue weighted by Crippen LogP contribution is 2.39. The lowest BCUT2D eigenvalue weighted by molar-refractivity contribution is -0.210. The van der Waals surface area contributed by atoms with Crippen LogP contribution in [0.15, 0.2) is 24.5 Å². The highest BCUT2D eigenvalue weighted by Gasteiger charge is 2.48. The van der Waals surface area contributed by atoms with E-state index in [1.165, 1.54) is 6.92 Å². The number of fused-ring (bicyclic) bond motifs is 1. The molecule has 39 heavy (non-hydrogen) atoms. The van der Waals surface area contributed by atoms with Crippen molar-refractivity contribution in [2.75, 3.05) is 18.8 Å². The second-order valence-corrected chi connectivity index (χ2v) is 8.78. The summed E-state index contributed by atoms with van der Waals surface area (Å²) in [6, 6.07) is 0.824. The Balaban J connectivity index is 1.66. The Kier molecular flexibility index (Phi) is 6.91. The minimum absolute atomic E-state index is 0.00590. The van der Waals surface area contributed by atoms with Gasteiger partial charge in [-0.3, -0.25) is 9.59 Å². The second-order valence-electron chi connectivity index (χ2n) is 8.78. The van der Waals surface area contributed by atoms with Gasteiger partial charge in [-0.2, -0.15) is 31.4 Å². The van der Waals surface area contributed by atoms with Gasteiger partial charge in [-0.1, -0.05) is 0 Å². The highest BCUT2D eigenvalue weighted by molar-refractivity contribution is 5.97. The number of aliphatic hydroxyl groups excluding tert-OH is 1. The number of amides is 2. The van der Waals surface area contributed by atoms with E-state index in [0.29, 0.717) is 15.5 Å². The SMILES string of the molecule is Cc1cc(F)c(-c2cc(C(F)(F)F)c3c(N)ncnn23)cc1C(=O)N[C@@H]1CN(C(=O)C(O)C(F)(F)F)C[C@@H]1F. The van der Waals surface area contributed by atoms with Gasteiger partial charge in [0, 0.05) is 17.7 Å². The minimum Gasteiger partial charge on any atom is -0.382 e. The summed E-state index contributed by atoms with van der Waals surface area (Å²) >= 11 is 0. The van der Waals surface area contributed by atoms with E-state index in [-0.39, 0.29) is 11.1 Å². The van der Waals surface area contributed by atoms with Crippen LogP contribution in [0.1, 0.15) is 21.5 Å². The molecule has 2 amide bonds. The Morgan fingerprint density at radius 2 is 1.82 bits per heavy atom. The second kappa shape index (κ2) is 9.62. The van der Waals surface area contributed by atoms with Crippen LogP contribution >= 0.6 is 0 Å². The molecule has 1 unspecified atom stereocenters. The number of hydrogen-bond donors (Lipinski definition) is 3. The zero-order valence-corrected chi connectivity index (χ0v) is 19.6. The Morgan fingerprint density at radius 1 is 1.15 bits per heavy atom. The first-order valence-electron chi connectivity index (χ1n) is 11.0. The molecule has 1 aromatic carbocycles. The number of nitrogens with two attached hydrogens (primary N) is 1. The topological polar surface area (TPSA) is 126 Å². The lowest BCUT2D eigenvalue weighted by Gasteiger charge is -2.21. The molecule has 0 bridgehead atoms. The smallest absolute Gasteiger partial charge is 0.382 e. The Morgan fingerprint density at radius 3 is 2.44 bits per heavy atom. The van der Waals surface area contributed by atoms with Gasteiger partial charge in [0.25, 0.3) is 11.8 Å². The van der Waals surface area contributed by atoms with Crippen molar-refractivity contribution in [3.05, 3.63) is 47.0 Å². The molecule has 1 fully saturated rings. The van der Waals surface area contributed by atoms with Crippen LogP contribution in [0.25, 0.3) is 16.8 Å². The molecule has 17 heteroatoms. The lowest BCUT2D eigenvalue weighted by atomic mass is 10.0. The fourth-order valence-electron chi connectivity index (χ4n) is 4.23. The van der Waals surface area contributed by atoms with Gasteiger partial charge in [-0.05, 0) is 30.7 Å². The van der Waals surface area contributed by atoms with Crippen LogP contribution in [0.5, 0.6) is 0 Å². The van der Waals surface area contributed by atoms with E-state index in [1.54, 1.807) is 0 Å². The molecule has 4 rings (SSSR count). The van der Waals surface area contributed by atoms with Gasteiger partial charge in [0.15, 0.2) is 5.82 Å². The van der Waals surface area contributed by atoms with Crippen LogP contribution in [0, 0.1) is 12.7 Å². The molecule has 0 radical (unpaired) electrons. The van der Waals surface area contributed by atoms with E-state index >= 15 is 0 Å². The van der Waals surface area contributed by atoms with Crippen molar-refractivity contribution in [1.29, 1.82) is 0 Å². The number of hydrogen-bond acceptors (Lipinski definition) is 6. The molecule has 0 spiro atoms. The monoisotopic (exact) mass is 566 g/mol.